The highest BCUT2D eigenvalue weighted by atomic mass is 16.4. The smallest absolute Gasteiger partial charge is 0.326 e. The predicted octanol–water partition coefficient (Wildman–Crippen LogP) is 1.14. The molecule has 0 aliphatic heterocycles. The van der Waals surface area contributed by atoms with E-state index in [0.29, 0.717) is 0 Å². The molecule has 39 heavy (non-hydrogen) atoms. The van der Waals surface area contributed by atoms with Crippen molar-refractivity contribution in [3.63, 3.8) is 0 Å². The second kappa shape index (κ2) is 14.3. The largest absolute Gasteiger partial charge is 0.481 e. The summed E-state index contributed by atoms with van der Waals surface area (Å²) in [5.41, 5.74) is 7.93. The molecule has 2 rings (SSSR count). The van der Waals surface area contributed by atoms with Crippen LogP contribution in [-0.4, -0.2) is 69.0 Å². The Labute approximate surface area is 227 Å². The Hall–Kier alpha value is -3.93. The van der Waals surface area contributed by atoms with Gasteiger partial charge < -0.3 is 36.9 Å². The molecule has 0 saturated heterocycles. The Morgan fingerprint density at radius 1 is 0.897 bits per heavy atom. The average molecular weight is 546 g/mol. The molecule has 214 valence electrons. The van der Waals surface area contributed by atoms with Gasteiger partial charge in [0.2, 0.25) is 17.7 Å². The van der Waals surface area contributed by atoms with E-state index in [9.17, 15) is 29.1 Å². The topological polar surface area (TPSA) is 204 Å². The summed E-state index contributed by atoms with van der Waals surface area (Å²) < 4.78 is 0. The molecule has 1 aromatic carbocycles. The maximum atomic E-state index is 13.2. The van der Waals surface area contributed by atoms with Gasteiger partial charge in [-0.2, -0.15) is 0 Å². The molecule has 0 aliphatic carbocycles. The average Bonchev–Trinajstić information content (AvgIpc) is 3.26. The maximum Gasteiger partial charge on any atom is 0.326 e. The molecule has 4 atom stereocenters. The predicted molar refractivity (Wildman–Crippen MR) is 145 cm³/mol. The van der Waals surface area contributed by atoms with Crippen molar-refractivity contribution in [1.82, 2.24) is 20.9 Å². The fourth-order valence-corrected chi connectivity index (χ4v) is 4.19. The lowest BCUT2D eigenvalue weighted by Gasteiger charge is -2.26. The summed E-state index contributed by atoms with van der Waals surface area (Å²) >= 11 is 0. The number of carboxylic acid groups (broad SMARTS) is 2. The number of H-pyrrole nitrogens is 1. The highest BCUT2D eigenvalue weighted by Gasteiger charge is 2.32. The molecule has 0 bridgehead atoms. The number of para-hydroxylation sites is 1. The lowest BCUT2D eigenvalue weighted by molar-refractivity contribution is -0.144. The van der Waals surface area contributed by atoms with Gasteiger partial charge in [-0.1, -0.05) is 45.9 Å². The standard InChI is InChI=1S/C27H39N5O7/c1-14(2)11-21(31-24(35)18(28)12-16-13-29-19-8-6-5-7-17(16)19)26(37)30-20(9-10-22(33)34)25(36)32-23(15(3)4)27(38)39/h5-8,13-15,18,20-21,23,29H,9-12,28H2,1-4H3,(H,30,37)(H,31,35)(H,32,36)(H,33,34)(H,38,39). The second-order valence-electron chi connectivity index (χ2n) is 10.4. The number of carbonyl (C=O) groups is 5. The van der Waals surface area contributed by atoms with Gasteiger partial charge in [-0.05, 0) is 42.7 Å². The maximum absolute atomic E-state index is 13.2. The van der Waals surface area contributed by atoms with E-state index < -0.39 is 66.2 Å². The number of hydrogen-bond acceptors (Lipinski definition) is 6. The third-order valence-corrected chi connectivity index (χ3v) is 6.30. The molecule has 0 fully saturated rings. The van der Waals surface area contributed by atoms with E-state index >= 15 is 0 Å². The first-order valence-electron chi connectivity index (χ1n) is 13.0. The lowest BCUT2D eigenvalue weighted by atomic mass is 10.00. The Balaban J connectivity index is 2.15. The molecule has 12 nitrogen and oxygen atoms in total. The van der Waals surface area contributed by atoms with Gasteiger partial charge in [0.05, 0.1) is 6.04 Å². The summed E-state index contributed by atoms with van der Waals surface area (Å²) in [5, 5.41) is 27.0. The normalized spacial score (nSPS) is 14.4. The minimum absolute atomic E-state index is 0.0190. The van der Waals surface area contributed by atoms with E-state index in [1.807, 2.05) is 38.1 Å². The zero-order valence-electron chi connectivity index (χ0n) is 22.7. The van der Waals surface area contributed by atoms with Gasteiger partial charge in [0.1, 0.15) is 18.1 Å². The SMILES string of the molecule is CC(C)CC(NC(=O)C(N)Cc1c[nH]c2ccccc12)C(=O)NC(CCC(=O)O)C(=O)NC(C(=O)O)C(C)C. The van der Waals surface area contributed by atoms with E-state index in [1.54, 1.807) is 20.0 Å². The number of benzene rings is 1. The van der Waals surface area contributed by atoms with Crippen LogP contribution in [0.15, 0.2) is 30.5 Å². The van der Waals surface area contributed by atoms with E-state index in [1.165, 1.54) is 0 Å². The van der Waals surface area contributed by atoms with Crippen LogP contribution < -0.4 is 21.7 Å². The van der Waals surface area contributed by atoms with Crippen LogP contribution in [-0.2, 0) is 30.4 Å². The van der Waals surface area contributed by atoms with E-state index in [0.717, 1.165) is 16.5 Å². The Morgan fingerprint density at radius 3 is 2.10 bits per heavy atom. The van der Waals surface area contributed by atoms with Crippen LogP contribution in [0.2, 0.25) is 0 Å². The first-order valence-corrected chi connectivity index (χ1v) is 13.0. The second-order valence-corrected chi connectivity index (χ2v) is 10.4. The zero-order chi connectivity index (χ0) is 29.3. The van der Waals surface area contributed by atoms with Gasteiger partial charge in [-0.3, -0.25) is 19.2 Å². The number of carboxylic acids is 2. The van der Waals surface area contributed by atoms with Crippen LogP contribution >= 0.6 is 0 Å². The summed E-state index contributed by atoms with van der Waals surface area (Å²) in [6.07, 6.45) is 1.53. The number of fused-ring (bicyclic) bond motifs is 1. The Kier molecular flexibility index (Phi) is 11.5. The number of carbonyl (C=O) groups excluding carboxylic acids is 3. The van der Waals surface area contributed by atoms with Crippen molar-refractivity contribution in [2.24, 2.45) is 17.6 Å². The number of aliphatic carboxylic acids is 2. The van der Waals surface area contributed by atoms with Gasteiger partial charge in [-0.15, -0.1) is 0 Å². The van der Waals surface area contributed by atoms with Gasteiger partial charge in [0.25, 0.3) is 0 Å². The van der Waals surface area contributed by atoms with Crippen LogP contribution in [0.1, 0.15) is 52.5 Å². The van der Waals surface area contributed by atoms with E-state index in [2.05, 4.69) is 20.9 Å². The first-order chi connectivity index (χ1) is 18.3. The van der Waals surface area contributed by atoms with Crippen LogP contribution in [0, 0.1) is 11.8 Å². The fraction of sp³-hybridized carbons (Fsp3) is 0.519. The summed E-state index contributed by atoms with van der Waals surface area (Å²) in [7, 11) is 0. The summed E-state index contributed by atoms with van der Waals surface area (Å²) in [4.78, 5) is 64.9. The van der Waals surface area contributed by atoms with Crippen molar-refractivity contribution >= 4 is 40.6 Å². The fourth-order valence-electron chi connectivity index (χ4n) is 4.19. The molecule has 0 spiro atoms. The molecular formula is C27H39N5O7. The van der Waals surface area contributed by atoms with Gasteiger partial charge in [0, 0.05) is 23.5 Å². The van der Waals surface area contributed by atoms with Crippen LogP contribution in [0.25, 0.3) is 10.9 Å². The van der Waals surface area contributed by atoms with Gasteiger partial charge in [0.15, 0.2) is 0 Å². The molecule has 1 heterocycles. The molecule has 1 aromatic heterocycles. The molecule has 0 aliphatic rings. The molecule has 0 saturated carbocycles. The van der Waals surface area contributed by atoms with Crippen molar-refractivity contribution in [3.8, 4) is 0 Å². The molecule has 4 unspecified atom stereocenters. The zero-order valence-corrected chi connectivity index (χ0v) is 22.7. The summed E-state index contributed by atoms with van der Waals surface area (Å²) in [5.74, 6) is -4.98. The third-order valence-electron chi connectivity index (χ3n) is 6.30. The van der Waals surface area contributed by atoms with Crippen molar-refractivity contribution in [2.45, 2.75) is 77.5 Å². The van der Waals surface area contributed by atoms with Crippen molar-refractivity contribution in [2.75, 3.05) is 0 Å². The quantitative estimate of drug-likeness (QED) is 0.172. The minimum atomic E-state index is -1.32. The number of aromatic amines is 1. The minimum Gasteiger partial charge on any atom is -0.481 e. The van der Waals surface area contributed by atoms with E-state index in [4.69, 9.17) is 10.8 Å². The van der Waals surface area contributed by atoms with Crippen LogP contribution in [0.3, 0.4) is 0 Å². The molecular weight excluding hydrogens is 506 g/mol. The Morgan fingerprint density at radius 2 is 1.51 bits per heavy atom. The van der Waals surface area contributed by atoms with Crippen molar-refractivity contribution in [1.29, 1.82) is 0 Å². The number of amides is 3. The van der Waals surface area contributed by atoms with Gasteiger partial charge >= 0.3 is 11.9 Å². The molecule has 12 heteroatoms. The van der Waals surface area contributed by atoms with Gasteiger partial charge in [-0.25, -0.2) is 4.79 Å². The molecule has 3 amide bonds. The number of nitrogens with one attached hydrogen (secondary N) is 4. The molecule has 0 radical (unpaired) electrons. The monoisotopic (exact) mass is 545 g/mol. The number of hydrogen-bond donors (Lipinski definition) is 7. The molecule has 8 N–H and O–H groups in total. The highest BCUT2D eigenvalue weighted by molar-refractivity contribution is 5.94. The first kappa shape index (κ1) is 31.3. The summed E-state index contributed by atoms with van der Waals surface area (Å²) in [6.45, 7) is 6.93. The number of rotatable bonds is 15. The summed E-state index contributed by atoms with van der Waals surface area (Å²) in [6, 6.07) is 3.04. The number of aromatic nitrogens is 1. The van der Waals surface area contributed by atoms with Crippen LogP contribution in [0.4, 0.5) is 0 Å². The van der Waals surface area contributed by atoms with Crippen LogP contribution in [0.5, 0.6) is 0 Å². The molecule has 2 aromatic rings. The lowest BCUT2D eigenvalue weighted by Crippen LogP contribution is -2.58. The van der Waals surface area contributed by atoms with Crippen molar-refractivity contribution < 1.29 is 34.2 Å². The highest BCUT2D eigenvalue weighted by Crippen LogP contribution is 2.19. The third kappa shape index (κ3) is 9.40. The van der Waals surface area contributed by atoms with Crippen molar-refractivity contribution in [3.05, 3.63) is 36.0 Å². The Bertz CT molecular complexity index is 1180. The number of nitrogens with two attached hydrogens (primary N) is 1. The van der Waals surface area contributed by atoms with E-state index in [-0.39, 0.29) is 25.2 Å².